The van der Waals surface area contributed by atoms with Crippen LogP contribution in [0.4, 0.5) is 0 Å². The summed E-state index contributed by atoms with van der Waals surface area (Å²) >= 11 is 0. The zero-order valence-corrected chi connectivity index (χ0v) is 11.2. The van der Waals surface area contributed by atoms with Gasteiger partial charge in [-0.2, -0.15) is 0 Å². The number of methoxy groups -OCH3 is 1. The molecule has 0 amide bonds. The summed E-state index contributed by atoms with van der Waals surface area (Å²) in [6.45, 7) is 0. The molecular formula is C16H23NO. The summed E-state index contributed by atoms with van der Waals surface area (Å²) in [4.78, 5) is 0. The van der Waals surface area contributed by atoms with Crippen LogP contribution in [0, 0.1) is 0 Å². The average Bonchev–Trinajstić information content (AvgIpc) is 2.86. The summed E-state index contributed by atoms with van der Waals surface area (Å²) in [5, 5.41) is 3.81. The minimum absolute atomic E-state index is 0.759. The molecule has 98 valence electrons. The maximum Gasteiger partial charge on any atom is 0.118 e. The van der Waals surface area contributed by atoms with Crippen LogP contribution in [0.2, 0.25) is 0 Å². The van der Waals surface area contributed by atoms with Crippen LogP contribution in [-0.2, 0) is 0 Å². The molecule has 0 bridgehead atoms. The van der Waals surface area contributed by atoms with Crippen molar-refractivity contribution in [1.82, 2.24) is 5.32 Å². The van der Waals surface area contributed by atoms with E-state index in [1.807, 2.05) is 0 Å². The Morgan fingerprint density at radius 2 is 1.67 bits per heavy atom. The van der Waals surface area contributed by atoms with Crippen LogP contribution in [0.25, 0.3) is 0 Å². The summed E-state index contributed by atoms with van der Waals surface area (Å²) in [5.41, 5.74) is 1.47. The Labute approximate surface area is 110 Å². The van der Waals surface area contributed by atoms with E-state index in [0.29, 0.717) is 0 Å². The van der Waals surface area contributed by atoms with Gasteiger partial charge in [0, 0.05) is 12.1 Å². The maximum atomic E-state index is 5.20. The molecule has 2 saturated carbocycles. The van der Waals surface area contributed by atoms with E-state index in [0.717, 1.165) is 23.8 Å². The van der Waals surface area contributed by atoms with Crippen LogP contribution in [0.3, 0.4) is 0 Å². The second-order valence-corrected chi connectivity index (χ2v) is 5.79. The highest BCUT2D eigenvalue weighted by Gasteiger charge is 2.32. The fourth-order valence-electron chi connectivity index (χ4n) is 3.33. The first-order valence-electron chi connectivity index (χ1n) is 7.25. The molecule has 0 unspecified atom stereocenters. The molecule has 0 aromatic heterocycles. The third-order valence-electron chi connectivity index (χ3n) is 4.55. The van der Waals surface area contributed by atoms with Crippen LogP contribution in [0.1, 0.15) is 50.0 Å². The van der Waals surface area contributed by atoms with Gasteiger partial charge in [0.05, 0.1) is 7.11 Å². The van der Waals surface area contributed by atoms with Crippen LogP contribution < -0.4 is 10.1 Å². The average molecular weight is 245 g/mol. The number of ether oxygens (including phenoxy) is 1. The van der Waals surface area contributed by atoms with E-state index in [9.17, 15) is 0 Å². The molecule has 2 aliphatic rings. The van der Waals surface area contributed by atoms with Crippen molar-refractivity contribution in [2.24, 2.45) is 0 Å². The molecule has 1 N–H and O–H groups in total. The summed E-state index contributed by atoms with van der Waals surface area (Å²) in [7, 11) is 1.72. The number of nitrogens with one attached hydrogen (secondary N) is 1. The Morgan fingerprint density at radius 3 is 2.28 bits per heavy atom. The van der Waals surface area contributed by atoms with Crippen molar-refractivity contribution in [3.63, 3.8) is 0 Å². The highest BCUT2D eigenvalue weighted by Crippen LogP contribution is 2.38. The Hall–Kier alpha value is -1.02. The topological polar surface area (TPSA) is 21.3 Å². The van der Waals surface area contributed by atoms with Crippen molar-refractivity contribution >= 4 is 0 Å². The van der Waals surface area contributed by atoms with Gasteiger partial charge in [-0.3, -0.25) is 0 Å². The van der Waals surface area contributed by atoms with E-state index in [4.69, 9.17) is 4.74 Å². The molecule has 0 heterocycles. The molecule has 0 radical (unpaired) electrons. The zero-order valence-electron chi connectivity index (χ0n) is 11.2. The number of hydrogen-bond donors (Lipinski definition) is 1. The van der Waals surface area contributed by atoms with Gasteiger partial charge < -0.3 is 10.1 Å². The van der Waals surface area contributed by atoms with E-state index in [2.05, 4.69) is 29.6 Å². The Bertz CT molecular complexity index is 375. The van der Waals surface area contributed by atoms with Gasteiger partial charge in [0.2, 0.25) is 0 Å². The molecule has 0 atom stereocenters. The SMILES string of the molecule is COc1ccc(C2CC(NC3CCCC3)C2)cc1. The highest BCUT2D eigenvalue weighted by atomic mass is 16.5. The summed E-state index contributed by atoms with van der Waals surface area (Å²) in [6.07, 6.45) is 8.25. The molecule has 1 aromatic rings. The first kappa shape index (κ1) is 12.0. The van der Waals surface area contributed by atoms with E-state index in [-0.39, 0.29) is 0 Å². The van der Waals surface area contributed by atoms with Gasteiger partial charge >= 0.3 is 0 Å². The lowest BCUT2D eigenvalue weighted by atomic mass is 9.75. The molecule has 0 saturated heterocycles. The molecule has 2 aliphatic carbocycles. The third kappa shape index (κ3) is 2.54. The van der Waals surface area contributed by atoms with Gasteiger partial charge in [0.25, 0.3) is 0 Å². The molecular weight excluding hydrogens is 222 g/mol. The summed E-state index contributed by atoms with van der Waals surface area (Å²) in [6, 6.07) is 10.2. The Morgan fingerprint density at radius 1 is 1.00 bits per heavy atom. The van der Waals surface area contributed by atoms with Gasteiger partial charge in [-0.15, -0.1) is 0 Å². The first-order chi connectivity index (χ1) is 8.85. The predicted molar refractivity (Wildman–Crippen MR) is 74.1 cm³/mol. The van der Waals surface area contributed by atoms with E-state index in [1.165, 1.54) is 44.1 Å². The molecule has 2 fully saturated rings. The lowest BCUT2D eigenvalue weighted by Gasteiger charge is -2.38. The van der Waals surface area contributed by atoms with Crippen molar-refractivity contribution < 1.29 is 4.74 Å². The lowest BCUT2D eigenvalue weighted by Crippen LogP contribution is -2.44. The van der Waals surface area contributed by atoms with Crippen molar-refractivity contribution in [2.45, 2.75) is 56.5 Å². The van der Waals surface area contributed by atoms with Crippen LogP contribution in [-0.4, -0.2) is 19.2 Å². The maximum absolute atomic E-state index is 5.20. The standard InChI is InChI=1S/C16H23NO/c1-18-16-8-6-12(7-9-16)13-10-15(11-13)17-14-4-2-3-5-14/h6-9,13-15,17H,2-5,10-11H2,1H3. The molecule has 1 aromatic carbocycles. The molecule has 2 nitrogen and oxygen atoms in total. The number of rotatable bonds is 4. The summed E-state index contributed by atoms with van der Waals surface area (Å²) in [5.74, 6) is 1.72. The van der Waals surface area contributed by atoms with E-state index in [1.54, 1.807) is 7.11 Å². The molecule has 0 aliphatic heterocycles. The number of hydrogen-bond acceptors (Lipinski definition) is 2. The summed E-state index contributed by atoms with van der Waals surface area (Å²) < 4.78 is 5.20. The molecule has 3 rings (SSSR count). The third-order valence-corrected chi connectivity index (χ3v) is 4.55. The second kappa shape index (κ2) is 5.31. The predicted octanol–water partition coefficient (Wildman–Crippen LogP) is 3.47. The van der Waals surface area contributed by atoms with Crippen LogP contribution in [0.5, 0.6) is 5.75 Å². The van der Waals surface area contributed by atoms with Crippen LogP contribution in [0.15, 0.2) is 24.3 Å². The number of benzene rings is 1. The van der Waals surface area contributed by atoms with Gasteiger partial charge in [-0.25, -0.2) is 0 Å². The van der Waals surface area contributed by atoms with Crippen molar-refractivity contribution in [1.29, 1.82) is 0 Å². The van der Waals surface area contributed by atoms with Gasteiger partial charge in [-0.05, 0) is 49.3 Å². The first-order valence-corrected chi connectivity index (χ1v) is 7.25. The Balaban J connectivity index is 1.48. The minimum Gasteiger partial charge on any atom is -0.497 e. The monoisotopic (exact) mass is 245 g/mol. The fourth-order valence-corrected chi connectivity index (χ4v) is 3.33. The zero-order chi connectivity index (χ0) is 12.4. The van der Waals surface area contributed by atoms with Crippen molar-refractivity contribution in [3.05, 3.63) is 29.8 Å². The molecule has 0 spiro atoms. The minimum atomic E-state index is 0.759. The molecule has 2 heteroatoms. The molecule has 18 heavy (non-hydrogen) atoms. The van der Waals surface area contributed by atoms with Gasteiger partial charge in [0.15, 0.2) is 0 Å². The van der Waals surface area contributed by atoms with Crippen molar-refractivity contribution in [3.8, 4) is 5.75 Å². The van der Waals surface area contributed by atoms with E-state index < -0.39 is 0 Å². The van der Waals surface area contributed by atoms with Crippen LogP contribution >= 0.6 is 0 Å². The van der Waals surface area contributed by atoms with Crippen molar-refractivity contribution in [2.75, 3.05) is 7.11 Å². The quantitative estimate of drug-likeness (QED) is 0.877. The van der Waals surface area contributed by atoms with Gasteiger partial charge in [0.1, 0.15) is 5.75 Å². The fraction of sp³-hybridized carbons (Fsp3) is 0.625. The van der Waals surface area contributed by atoms with E-state index >= 15 is 0 Å². The largest absolute Gasteiger partial charge is 0.497 e. The lowest BCUT2D eigenvalue weighted by molar-refractivity contribution is 0.265. The highest BCUT2D eigenvalue weighted by molar-refractivity contribution is 5.30. The normalized spacial score (nSPS) is 28.1. The second-order valence-electron chi connectivity index (χ2n) is 5.79. The Kier molecular flexibility index (Phi) is 3.55. The van der Waals surface area contributed by atoms with Gasteiger partial charge in [-0.1, -0.05) is 25.0 Å². The smallest absolute Gasteiger partial charge is 0.118 e.